The van der Waals surface area contributed by atoms with Crippen LogP contribution in [0.4, 0.5) is 23.7 Å². The average molecular weight is 386 g/mol. The number of hydrogen-bond acceptors (Lipinski definition) is 2. The lowest BCUT2D eigenvalue weighted by atomic mass is 9.81. The van der Waals surface area contributed by atoms with Gasteiger partial charge in [0.25, 0.3) is 0 Å². The number of rotatable bonds is 5. The van der Waals surface area contributed by atoms with Crippen molar-refractivity contribution in [3.05, 3.63) is 29.3 Å². The first-order valence-corrected chi connectivity index (χ1v) is 9.53. The van der Waals surface area contributed by atoms with Crippen LogP contribution in [0.1, 0.15) is 57.1 Å². The molecule has 152 valence electrons. The molecule has 1 aliphatic rings. The molecule has 0 radical (unpaired) electrons. The van der Waals surface area contributed by atoms with Crippen molar-refractivity contribution in [3.63, 3.8) is 0 Å². The molecule has 0 unspecified atom stereocenters. The summed E-state index contributed by atoms with van der Waals surface area (Å²) in [6.07, 6.45) is -0.739. The van der Waals surface area contributed by atoms with E-state index in [-0.39, 0.29) is 5.69 Å². The summed E-state index contributed by atoms with van der Waals surface area (Å²) in [5.74, 6) is 0.462. The fourth-order valence-electron chi connectivity index (χ4n) is 3.67. The second-order valence-electron chi connectivity index (χ2n) is 7.61. The van der Waals surface area contributed by atoms with Crippen molar-refractivity contribution >= 4 is 11.7 Å². The third-order valence-electron chi connectivity index (χ3n) is 5.46. The van der Waals surface area contributed by atoms with Gasteiger partial charge in [0, 0.05) is 18.8 Å². The molecule has 0 spiro atoms. The van der Waals surface area contributed by atoms with E-state index in [2.05, 4.69) is 19.2 Å². The number of carbonyl (C=O) groups excluding carboxylic acids is 1. The van der Waals surface area contributed by atoms with Crippen LogP contribution in [0.2, 0.25) is 0 Å². The monoisotopic (exact) mass is 386 g/mol. The highest BCUT2D eigenvalue weighted by Gasteiger charge is 2.35. The van der Waals surface area contributed by atoms with Crippen LogP contribution in [0.5, 0.6) is 0 Å². The van der Waals surface area contributed by atoms with Gasteiger partial charge in [-0.2, -0.15) is 13.2 Å². The predicted molar refractivity (Wildman–Crippen MR) is 99.6 cm³/mol. The van der Waals surface area contributed by atoms with Crippen molar-refractivity contribution in [1.82, 2.24) is 4.90 Å². The van der Waals surface area contributed by atoms with Gasteiger partial charge in [0.05, 0.1) is 11.2 Å². The van der Waals surface area contributed by atoms with Crippen LogP contribution in [-0.4, -0.2) is 34.7 Å². The van der Waals surface area contributed by atoms with E-state index in [0.29, 0.717) is 37.4 Å². The number of benzene rings is 1. The van der Waals surface area contributed by atoms with Crippen molar-refractivity contribution in [2.24, 2.45) is 5.92 Å². The Morgan fingerprint density at radius 3 is 2.33 bits per heavy atom. The van der Waals surface area contributed by atoms with Crippen LogP contribution in [0.25, 0.3) is 0 Å². The molecule has 1 aliphatic heterocycles. The van der Waals surface area contributed by atoms with Gasteiger partial charge in [-0.25, -0.2) is 4.79 Å². The first-order chi connectivity index (χ1) is 12.6. The molecule has 27 heavy (non-hydrogen) atoms. The zero-order valence-corrected chi connectivity index (χ0v) is 16.2. The molecule has 0 atom stereocenters. The number of carbonyl (C=O) groups is 1. The number of piperidine rings is 1. The Labute approximate surface area is 158 Å². The molecule has 2 rings (SSSR count). The highest BCUT2D eigenvalue weighted by Crippen LogP contribution is 2.33. The van der Waals surface area contributed by atoms with Gasteiger partial charge in [0.15, 0.2) is 0 Å². The van der Waals surface area contributed by atoms with Crippen molar-refractivity contribution in [2.75, 3.05) is 18.4 Å². The molecule has 0 saturated carbocycles. The maximum absolute atomic E-state index is 12.9. The number of hydrogen-bond donors (Lipinski definition) is 2. The van der Waals surface area contributed by atoms with Gasteiger partial charge in [-0.15, -0.1) is 0 Å². The number of halogens is 3. The molecule has 0 aromatic heterocycles. The average Bonchev–Trinajstić information content (AvgIpc) is 2.59. The lowest BCUT2D eigenvalue weighted by Crippen LogP contribution is -2.48. The number of urea groups is 1. The Kier molecular flexibility index (Phi) is 6.78. The lowest BCUT2D eigenvalue weighted by molar-refractivity contribution is -0.137. The molecule has 1 fully saturated rings. The standard InChI is InChI=1S/C20H29F3N2O2/c1-4-15(5-2)13-19(27)6-8-25(9-7-19)18(26)24-17-11-14(3)10-16(12-17)20(21,22)23/h10-12,15,27H,4-9,13H2,1-3H3,(H,24,26). The summed E-state index contributed by atoms with van der Waals surface area (Å²) in [7, 11) is 0. The highest BCUT2D eigenvalue weighted by molar-refractivity contribution is 5.89. The first kappa shape index (κ1) is 21.5. The summed E-state index contributed by atoms with van der Waals surface area (Å²) in [6.45, 7) is 6.55. The third kappa shape index (κ3) is 5.86. The number of aryl methyl sites for hydroxylation is 1. The molecule has 1 aromatic carbocycles. The minimum absolute atomic E-state index is 0.130. The SMILES string of the molecule is CCC(CC)CC1(O)CCN(C(=O)Nc2cc(C)cc(C(F)(F)F)c2)CC1. The minimum atomic E-state index is -4.46. The summed E-state index contributed by atoms with van der Waals surface area (Å²) in [5, 5.41) is 13.3. The summed E-state index contributed by atoms with van der Waals surface area (Å²) < 4.78 is 38.8. The van der Waals surface area contributed by atoms with Gasteiger partial charge in [-0.05, 0) is 55.9 Å². The molecule has 7 heteroatoms. The summed E-state index contributed by atoms with van der Waals surface area (Å²) in [6, 6.07) is 3.08. The summed E-state index contributed by atoms with van der Waals surface area (Å²) in [4.78, 5) is 14.0. The number of alkyl halides is 3. The maximum atomic E-state index is 12.9. The number of amides is 2. The highest BCUT2D eigenvalue weighted by atomic mass is 19.4. The van der Waals surface area contributed by atoms with Crippen LogP contribution in [0.3, 0.4) is 0 Å². The molecule has 2 N–H and O–H groups in total. The summed E-state index contributed by atoms with van der Waals surface area (Å²) >= 11 is 0. The number of nitrogens with one attached hydrogen (secondary N) is 1. The van der Waals surface area contributed by atoms with Gasteiger partial charge < -0.3 is 15.3 Å². The normalized spacial score (nSPS) is 17.3. The lowest BCUT2D eigenvalue weighted by Gasteiger charge is -2.39. The van der Waals surface area contributed by atoms with E-state index in [9.17, 15) is 23.1 Å². The Bertz CT molecular complexity index is 649. The van der Waals surface area contributed by atoms with E-state index in [1.807, 2.05) is 0 Å². The summed E-state index contributed by atoms with van der Waals surface area (Å²) in [5.41, 5.74) is -0.986. The smallest absolute Gasteiger partial charge is 0.390 e. The van der Waals surface area contributed by atoms with E-state index in [1.54, 1.807) is 11.8 Å². The predicted octanol–water partition coefficient (Wildman–Crippen LogP) is 5.20. The molecule has 0 bridgehead atoms. The second kappa shape index (κ2) is 8.50. The van der Waals surface area contributed by atoms with Gasteiger partial charge in [0.1, 0.15) is 0 Å². The Morgan fingerprint density at radius 1 is 1.22 bits per heavy atom. The molecular weight excluding hydrogens is 357 g/mol. The van der Waals surface area contributed by atoms with E-state index in [1.165, 1.54) is 6.07 Å². The van der Waals surface area contributed by atoms with Crippen molar-refractivity contribution in [1.29, 1.82) is 0 Å². The third-order valence-corrected chi connectivity index (χ3v) is 5.46. The van der Waals surface area contributed by atoms with Gasteiger partial charge >= 0.3 is 12.2 Å². The zero-order chi connectivity index (χ0) is 20.2. The van der Waals surface area contributed by atoms with E-state index < -0.39 is 23.4 Å². The van der Waals surface area contributed by atoms with Crippen molar-refractivity contribution < 1.29 is 23.1 Å². The molecule has 1 heterocycles. The van der Waals surface area contributed by atoms with E-state index in [0.717, 1.165) is 31.4 Å². The fourth-order valence-corrected chi connectivity index (χ4v) is 3.67. The van der Waals surface area contributed by atoms with Gasteiger partial charge in [-0.1, -0.05) is 26.7 Å². The first-order valence-electron chi connectivity index (χ1n) is 9.53. The molecule has 0 aliphatic carbocycles. The van der Waals surface area contributed by atoms with Crippen molar-refractivity contribution in [2.45, 2.75) is 64.7 Å². The Balaban J connectivity index is 1.98. The molecule has 4 nitrogen and oxygen atoms in total. The van der Waals surface area contributed by atoms with Crippen LogP contribution in [0.15, 0.2) is 18.2 Å². The number of likely N-dealkylation sites (tertiary alicyclic amines) is 1. The Hall–Kier alpha value is -1.76. The minimum Gasteiger partial charge on any atom is -0.390 e. The number of nitrogens with zero attached hydrogens (tertiary/aromatic N) is 1. The van der Waals surface area contributed by atoms with Crippen LogP contribution in [0, 0.1) is 12.8 Å². The quantitative estimate of drug-likeness (QED) is 0.731. The van der Waals surface area contributed by atoms with E-state index >= 15 is 0 Å². The molecule has 2 amide bonds. The second-order valence-corrected chi connectivity index (χ2v) is 7.61. The van der Waals surface area contributed by atoms with Crippen LogP contribution in [-0.2, 0) is 6.18 Å². The van der Waals surface area contributed by atoms with Crippen LogP contribution >= 0.6 is 0 Å². The fraction of sp³-hybridized carbons (Fsp3) is 0.650. The maximum Gasteiger partial charge on any atom is 0.416 e. The van der Waals surface area contributed by atoms with Crippen LogP contribution < -0.4 is 5.32 Å². The number of aliphatic hydroxyl groups is 1. The Morgan fingerprint density at radius 2 is 1.81 bits per heavy atom. The van der Waals surface area contributed by atoms with E-state index in [4.69, 9.17) is 0 Å². The largest absolute Gasteiger partial charge is 0.416 e. The van der Waals surface area contributed by atoms with Gasteiger partial charge in [-0.3, -0.25) is 0 Å². The van der Waals surface area contributed by atoms with Crippen molar-refractivity contribution in [3.8, 4) is 0 Å². The molecule has 1 aromatic rings. The number of anilines is 1. The molecular formula is C20H29F3N2O2. The van der Waals surface area contributed by atoms with Gasteiger partial charge in [0.2, 0.25) is 0 Å². The zero-order valence-electron chi connectivity index (χ0n) is 16.2. The topological polar surface area (TPSA) is 52.6 Å². The molecule has 1 saturated heterocycles.